The summed E-state index contributed by atoms with van der Waals surface area (Å²) in [6.45, 7) is 2.91. The molecule has 2 N–H and O–H groups in total. The third-order valence-electron chi connectivity index (χ3n) is 3.60. The first-order valence-electron chi connectivity index (χ1n) is 5.51. The van der Waals surface area contributed by atoms with Gasteiger partial charge < -0.3 is 5.73 Å². The number of hydrogen-bond donors (Lipinski definition) is 1. The Morgan fingerprint density at radius 1 is 1.53 bits per heavy atom. The van der Waals surface area contributed by atoms with Crippen molar-refractivity contribution in [1.82, 2.24) is 19.7 Å². The maximum atomic E-state index is 6.28. The Morgan fingerprint density at radius 3 is 2.80 bits per heavy atom. The van der Waals surface area contributed by atoms with Crippen molar-refractivity contribution in [1.29, 1.82) is 0 Å². The number of likely N-dealkylation sites (tertiary alicyclic amines) is 1. The molecule has 1 saturated carbocycles. The third kappa shape index (κ3) is 1.55. The lowest BCUT2D eigenvalue weighted by molar-refractivity contribution is 0.0446. The fraction of sp³-hybridized carbons (Fsp3) is 0.800. The van der Waals surface area contributed by atoms with Crippen LogP contribution in [0.5, 0.6) is 0 Å². The zero-order valence-electron chi connectivity index (χ0n) is 9.06. The van der Waals surface area contributed by atoms with E-state index in [9.17, 15) is 0 Å². The van der Waals surface area contributed by atoms with Gasteiger partial charge in [-0.2, -0.15) is 5.10 Å². The highest BCUT2D eigenvalue weighted by Gasteiger charge is 2.50. The van der Waals surface area contributed by atoms with Crippen LogP contribution in [0.3, 0.4) is 0 Å². The van der Waals surface area contributed by atoms with Gasteiger partial charge in [-0.05, 0) is 18.8 Å². The van der Waals surface area contributed by atoms with Crippen LogP contribution in [0.2, 0.25) is 0 Å². The van der Waals surface area contributed by atoms with Crippen LogP contribution in [0.4, 0.5) is 0 Å². The van der Waals surface area contributed by atoms with Crippen molar-refractivity contribution in [3.8, 4) is 0 Å². The minimum absolute atomic E-state index is 0.110. The molecule has 2 aliphatic rings. The fourth-order valence-corrected chi connectivity index (χ4v) is 2.48. The lowest BCUT2D eigenvalue weighted by Crippen LogP contribution is -2.68. The van der Waals surface area contributed by atoms with Crippen LogP contribution in [0, 0.1) is 5.92 Å². The molecule has 3 rings (SSSR count). The van der Waals surface area contributed by atoms with Gasteiger partial charge in [0, 0.05) is 25.7 Å². The molecule has 1 aromatic rings. The van der Waals surface area contributed by atoms with E-state index in [2.05, 4.69) is 15.0 Å². The Hall–Kier alpha value is -0.940. The largest absolute Gasteiger partial charge is 0.323 e. The van der Waals surface area contributed by atoms with E-state index in [0.717, 1.165) is 31.4 Å². The van der Waals surface area contributed by atoms with E-state index in [1.54, 1.807) is 6.33 Å². The minimum atomic E-state index is 0.110. The Balaban J connectivity index is 1.57. The summed E-state index contributed by atoms with van der Waals surface area (Å²) in [5, 5.41) is 4.06. The number of nitrogens with two attached hydrogens (primary N) is 1. The van der Waals surface area contributed by atoms with E-state index in [0.29, 0.717) is 0 Å². The van der Waals surface area contributed by atoms with Crippen LogP contribution in [0.15, 0.2) is 6.33 Å². The van der Waals surface area contributed by atoms with E-state index in [1.807, 2.05) is 11.7 Å². The monoisotopic (exact) mass is 207 g/mol. The van der Waals surface area contributed by atoms with Crippen LogP contribution in [-0.2, 0) is 13.6 Å². The molecule has 0 unspecified atom stereocenters. The van der Waals surface area contributed by atoms with Crippen LogP contribution < -0.4 is 5.73 Å². The normalized spacial score (nSPS) is 25.2. The Bertz CT molecular complexity index is 362. The predicted molar refractivity (Wildman–Crippen MR) is 55.9 cm³/mol. The average molecular weight is 207 g/mol. The van der Waals surface area contributed by atoms with Gasteiger partial charge in [-0.1, -0.05) is 0 Å². The van der Waals surface area contributed by atoms with Gasteiger partial charge in [0.15, 0.2) is 0 Å². The standard InChI is InChI=1S/C10H17N5/c1-14-9(12-7-13-14)4-15-5-10(11,6-15)8-2-3-8/h7-8H,2-6,11H2,1H3. The first-order valence-corrected chi connectivity index (χ1v) is 5.51. The molecule has 5 nitrogen and oxygen atoms in total. The van der Waals surface area contributed by atoms with E-state index in [4.69, 9.17) is 5.73 Å². The molecule has 0 aromatic carbocycles. The van der Waals surface area contributed by atoms with Crippen molar-refractivity contribution < 1.29 is 0 Å². The van der Waals surface area contributed by atoms with Crippen molar-refractivity contribution in [2.45, 2.75) is 24.9 Å². The zero-order chi connectivity index (χ0) is 10.5. The van der Waals surface area contributed by atoms with Gasteiger partial charge in [0.2, 0.25) is 0 Å². The van der Waals surface area contributed by atoms with E-state index in [1.165, 1.54) is 12.8 Å². The SMILES string of the molecule is Cn1ncnc1CN1CC(N)(C2CC2)C1. The van der Waals surface area contributed by atoms with Crippen LogP contribution in [0.25, 0.3) is 0 Å². The van der Waals surface area contributed by atoms with Crippen molar-refractivity contribution in [3.05, 3.63) is 12.2 Å². The van der Waals surface area contributed by atoms with Gasteiger partial charge in [-0.15, -0.1) is 0 Å². The van der Waals surface area contributed by atoms with E-state index < -0.39 is 0 Å². The Labute approximate surface area is 89.3 Å². The molecule has 82 valence electrons. The molecule has 0 amide bonds. The van der Waals surface area contributed by atoms with Gasteiger partial charge >= 0.3 is 0 Å². The van der Waals surface area contributed by atoms with E-state index >= 15 is 0 Å². The maximum absolute atomic E-state index is 6.28. The zero-order valence-corrected chi connectivity index (χ0v) is 9.06. The van der Waals surface area contributed by atoms with Gasteiger partial charge in [-0.3, -0.25) is 9.58 Å². The van der Waals surface area contributed by atoms with E-state index in [-0.39, 0.29) is 5.54 Å². The summed E-state index contributed by atoms with van der Waals surface area (Å²) in [7, 11) is 1.93. The molecule has 0 spiro atoms. The summed E-state index contributed by atoms with van der Waals surface area (Å²) < 4.78 is 1.83. The molecule has 0 radical (unpaired) electrons. The molecule has 0 bridgehead atoms. The molecule has 1 aliphatic heterocycles. The fourth-order valence-electron chi connectivity index (χ4n) is 2.48. The van der Waals surface area contributed by atoms with Crippen LogP contribution in [-0.4, -0.2) is 38.3 Å². The molecular formula is C10H17N5. The van der Waals surface area contributed by atoms with Crippen LogP contribution in [0.1, 0.15) is 18.7 Å². The van der Waals surface area contributed by atoms with Crippen molar-refractivity contribution in [3.63, 3.8) is 0 Å². The number of hydrogen-bond acceptors (Lipinski definition) is 4. The number of nitrogens with zero attached hydrogens (tertiary/aromatic N) is 4. The smallest absolute Gasteiger partial charge is 0.140 e. The summed E-state index contributed by atoms with van der Waals surface area (Å²) in [5.41, 5.74) is 6.39. The molecule has 2 fully saturated rings. The molecular weight excluding hydrogens is 190 g/mol. The number of aromatic nitrogens is 3. The summed E-state index contributed by atoms with van der Waals surface area (Å²) >= 11 is 0. The molecule has 15 heavy (non-hydrogen) atoms. The highest BCUT2D eigenvalue weighted by molar-refractivity contribution is 5.09. The summed E-state index contributed by atoms with van der Waals surface area (Å²) in [6.07, 6.45) is 4.26. The second-order valence-corrected chi connectivity index (χ2v) is 4.95. The molecule has 1 aliphatic carbocycles. The molecule has 1 saturated heterocycles. The predicted octanol–water partition coefficient (Wildman–Crippen LogP) is -0.262. The molecule has 1 aromatic heterocycles. The lowest BCUT2D eigenvalue weighted by Gasteiger charge is -2.48. The highest BCUT2D eigenvalue weighted by Crippen LogP contribution is 2.43. The van der Waals surface area contributed by atoms with Crippen molar-refractivity contribution >= 4 is 0 Å². The topological polar surface area (TPSA) is 60.0 Å². The van der Waals surface area contributed by atoms with Gasteiger partial charge in [-0.25, -0.2) is 4.98 Å². The number of rotatable bonds is 3. The van der Waals surface area contributed by atoms with Gasteiger partial charge in [0.25, 0.3) is 0 Å². The summed E-state index contributed by atoms with van der Waals surface area (Å²) in [5.74, 6) is 1.81. The second-order valence-electron chi connectivity index (χ2n) is 4.95. The summed E-state index contributed by atoms with van der Waals surface area (Å²) in [6, 6.07) is 0. The average Bonchev–Trinajstić information content (AvgIpc) is 2.91. The molecule has 5 heteroatoms. The molecule has 0 atom stereocenters. The Kier molecular flexibility index (Phi) is 1.87. The van der Waals surface area contributed by atoms with Crippen LogP contribution >= 0.6 is 0 Å². The highest BCUT2D eigenvalue weighted by atomic mass is 15.3. The summed E-state index contributed by atoms with van der Waals surface area (Å²) in [4.78, 5) is 6.56. The Morgan fingerprint density at radius 2 is 2.27 bits per heavy atom. The van der Waals surface area contributed by atoms with Crippen molar-refractivity contribution in [2.24, 2.45) is 18.7 Å². The second kappa shape index (κ2) is 3.02. The van der Waals surface area contributed by atoms with Gasteiger partial charge in [0.1, 0.15) is 12.2 Å². The first kappa shape index (κ1) is 9.30. The van der Waals surface area contributed by atoms with Crippen molar-refractivity contribution in [2.75, 3.05) is 13.1 Å². The quantitative estimate of drug-likeness (QED) is 0.741. The maximum Gasteiger partial charge on any atom is 0.140 e. The van der Waals surface area contributed by atoms with Gasteiger partial charge in [0.05, 0.1) is 6.54 Å². The number of aryl methyl sites for hydroxylation is 1. The minimum Gasteiger partial charge on any atom is -0.323 e. The first-order chi connectivity index (χ1) is 7.17. The third-order valence-corrected chi connectivity index (χ3v) is 3.60. The lowest BCUT2D eigenvalue weighted by atomic mass is 9.86. The molecule has 2 heterocycles.